The molecule has 0 aliphatic heterocycles. The maximum Gasteiger partial charge on any atom is 0.286 e. The van der Waals surface area contributed by atoms with Crippen LogP contribution in [-0.4, -0.2) is 18.4 Å². The van der Waals surface area contributed by atoms with Crippen LogP contribution < -0.4 is 10.6 Å². The predicted molar refractivity (Wildman–Crippen MR) is 83.3 cm³/mol. The largest absolute Gasteiger partial charge is 0.459 e. The molecule has 6 heteroatoms. The van der Waals surface area contributed by atoms with Gasteiger partial charge in [-0.15, -0.1) is 0 Å². The Morgan fingerprint density at radius 3 is 2.57 bits per heavy atom. The third-order valence-corrected chi connectivity index (χ3v) is 3.18. The Kier molecular flexibility index (Phi) is 5.95. The van der Waals surface area contributed by atoms with E-state index in [0.29, 0.717) is 31.5 Å². The number of rotatable bonds is 7. The molecule has 6 nitrogen and oxygen atoms in total. The van der Waals surface area contributed by atoms with E-state index < -0.39 is 0 Å². The summed E-state index contributed by atoms with van der Waals surface area (Å²) in [6.45, 7) is 0.827. The molecule has 0 fully saturated rings. The molecule has 2 amide bonds. The van der Waals surface area contributed by atoms with Crippen LogP contribution in [0, 0.1) is 11.3 Å². The summed E-state index contributed by atoms with van der Waals surface area (Å²) in [6.07, 6.45) is 2.31. The van der Waals surface area contributed by atoms with Gasteiger partial charge in [0.05, 0.1) is 17.9 Å². The second-order valence-corrected chi connectivity index (χ2v) is 4.92. The minimum absolute atomic E-state index is 0.0818. The van der Waals surface area contributed by atoms with Gasteiger partial charge in [-0.3, -0.25) is 9.59 Å². The van der Waals surface area contributed by atoms with E-state index in [1.807, 2.05) is 18.2 Å². The molecule has 0 aliphatic rings. The van der Waals surface area contributed by atoms with E-state index in [2.05, 4.69) is 10.6 Å². The van der Waals surface area contributed by atoms with Crippen LogP contribution in [0.2, 0.25) is 0 Å². The van der Waals surface area contributed by atoms with Crippen molar-refractivity contribution in [1.82, 2.24) is 10.6 Å². The van der Waals surface area contributed by atoms with Crippen LogP contribution in [0.4, 0.5) is 0 Å². The van der Waals surface area contributed by atoms with Gasteiger partial charge in [-0.25, -0.2) is 0 Å². The van der Waals surface area contributed by atoms with Crippen molar-refractivity contribution in [3.63, 3.8) is 0 Å². The second kappa shape index (κ2) is 8.39. The number of furan rings is 1. The molecule has 0 aliphatic carbocycles. The minimum Gasteiger partial charge on any atom is -0.459 e. The highest BCUT2D eigenvalue weighted by atomic mass is 16.3. The van der Waals surface area contributed by atoms with Crippen LogP contribution in [-0.2, 0) is 11.3 Å². The monoisotopic (exact) mass is 311 g/mol. The lowest BCUT2D eigenvalue weighted by Gasteiger charge is -2.06. The summed E-state index contributed by atoms with van der Waals surface area (Å²) in [4.78, 5) is 23.3. The fraction of sp³-hybridized carbons (Fsp3) is 0.235. The molecule has 0 radical (unpaired) electrons. The molecule has 2 N–H and O–H groups in total. The Balaban J connectivity index is 1.61. The van der Waals surface area contributed by atoms with Crippen LogP contribution in [0.15, 0.2) is 47.1 Å². The van der Waals surface area contributed by atoms with Crippen molar-refractivity contribution in [3.8, 4) is 6.07 Å². The van der Waals surface area contributed by atoms with Crippen molar-refractivity contribution in [1.29, 1.82) is 5.26 Å². The lowest BCUT2D eigenvalue weighted by Crippen LogP contribution is -2.27. The van der Waals surface area contributed by atoms with Crippen molar-refractivity contribution in [3.05, 3.63) is 59.5 Å². The quantitative estimate of drug-likeness (QED) is 0.764. The number of nitriles is 1. The molecule has 2 aromatic rings. The first-order chi connectivity index (χ1) is 11.2. The minimum atomic E-state index is -0.284. The Bertz CT molecular complexity index is 685. The topological polar surface area (TPSA) is 95.1 Å². The van der Waals surface area contributed by atoms with Gasteiger partial charge in [0.1, 0.15) is 0 Å². The molecular formula is C17H17N3O3. The summed E-state index contributed by atoms with van der Waals surface area (Å²) in [5.74, 6) is -0.107. The third kappa shape index (κ3) is 5.32. The van der Waals surface area contributed by atoms with Gasteiger partial charge in [0, 0.05) is 19.5 Å². The van der Waals surface area contributed by atoms with E-state index in [1.54, 1.807) is 24.3 Å². The average Bonchev–Trinajstić information content (AvgIpc) is 3.12. The Morgan fingerprint density at radius 1 is 1.13 bits per heavy atom. The number of nitrogens with one attached hydrogen (secondary N) is 2. The van der Waals surface area contributed by atoms with Crippen LogP contribution in [0.3, 0.4) is 0 Å². The summed E-state index contributed by atoms with van der Waals surface area (Å²) < 4.78 is 4.97. The molecule has 1 aromatic heterocycles. The molecule has 0 bridgehead atoms. The van der Waals surface area contributed by atoms with Crippen molar-refractivity contribution >= 4 is 11.8 Å². The first-order valence-electron chi connectivity index (χ1n) is 7.26. The van der Waals surface area contributed by atoms with Gasteiger partial charge in [0.15, 0.2) is 5.76 Å². The van der Waals surface area contributed by atoms with Gasteiger partial charge in [0.25, 0.3) is 5.91 Å². The van der Waals surface area contributed by atoms with Crippen LogP contribution in [0.1, 0.15) is 34.5 Å². The van der Waals surface area contributed by atoms with Crippen molar-refractivity contribution in [2.24, 2.45) is 0 Å². The highest BCUT2D eigenvalue weighted by molar-refractivity contribution is 5.91. The van der Waals surface area contributed by atoms with E-state index in [-0.39, 0.29) is 17.6 Å². The molecule has 118 valence electrons. The van der Waals surface area contributed by atoms with Gasteiger partial charge in [0.2, 0.25) is 5.91 Å². The Morgan fingerprint density at radius 2 is 1.91 bits per heavy atom. The van der Waals surface area contributed by atoms with E-state index in [1.165, 1.54) is 6.26 Å². The smallest absolute Gasteiger partial charge is 0.286 e. The number of benzene rings is 1. The number of hydrogen-bond acceptors (Lipinski definition) is 4. The molecule has 23 heavy (non-hydrogen) atoms. The lowest BCUT2D eigenvalue weighted by molar-refractivity contribution is -0.121. The highest BCUT2D eigenvalue weighted by Crippen LogP contribution is 2.03. The maximum atomic E-state index is 11.7. The summed E-state index contributed by atoms with van der Waals surface area (Å²) >= 11 is 0. The molecule has 2 rings (SSSR count). The van der Waals surface area contributed by atoms with Crippen molar-refractivity contribution in [2.75, 3.05) is 6.54 Å². The van der Waals surface area contributed by atoms with Gasteiger partial charge < -0.3 is 15.1 Å². The Labute approximate surface area is 134 Å². The maximum absolute atomic E-state index is 11.7. The molecule has 0 saturated carbocycles. The summed E-state index contributed by atoms with van der Waals surface area (Å²) in [5.41, 5.74) is 1.52. The predicted octanol–water partition coefficient (Wildman–Crippen LogP) is 1.98. The number of carbonyl (C=O) groups is 2. The normalized spacial score (nSPS) is 9.87. The molecule has 0 atom stereocenters. The molecule has 0 saturated heterocycles. The number of amides is 2. The van der Waals surface area contributed by atoms with E-state index in [4.69, 9.17) is 9.68 Å². The van der Waals surface area contributed by atoms with Gasteiger partial charge in [-0.1, -0.05) is 12.1 Å². The van der Waals surface area contributed by atoms with E-state index in [0.717, 1.165) is 5.56 Å². The summed E-state index contributed by atoms with van der Waals surface area (Å²) in [6, 6.07) is 12.3. The number of carbonyl (C=O) groups excluding carboxylic acids is 2. The van der Waals surface area contributed by atoms with Crippen LogP contribution in [0.25, 0.3) is 0 Å². The van der Waals surface area contributed by atoms with Gasteiger partial charge in [-0.2, -0.15) is 5.26 Å². The number of nitrogens with zero attached hydrogens (tertiary/aromatic N) is 1. The first-order valence-corrected chi connectivity index (χ1v) is 7.26. The summed E-state index contributed by atoms with van der Waals surface area (Å²) in [5, 5.41) is 14.2. The zero-order valence-electron chi connectivity index (χ0n) is 12.5. The van der Waals surface area contributed by atoms with Crippen molar-refractivity contribution in [2.45, 2.75) is 19.4 Å². The highest BCUT2D eigenvalue weighted by Gasteiger charge is 2.07. The molecule has 0 unspecified atom stereocenters. The molecule has 1 aromatic carbocycles. The van der Waals surface area contributed by atoms with Crippen molar-refractivity contribution < 1.29 is 14.0 Å². The summed E-state index contributed by atoms with van der Waals surface area (Å²) in [7, 11) is 0. The molecular weight excluding hydrogens is 294 g/mol. The molecule has 1 heterocycles. The van der Waals surface area contributed by atoms with Gasteiger partial charge in [-0.05, 0) is 36.2 Å². The third-order valence-electron chi connectivity index (χ3n) is 3.18. The van der Waals surface area contributed by atoms with Gasteiger partial charge >= 0.3 is 0 Å². The standard InChI is InChI=1S/C17H17N3O3/c18-11-13-5-7-14(8-6-13)12-20-16(21)4-1-9-19-17(22)15-3-2-10-23-15/h2-3,5-8,10H,1,4,9,12H2,(H,19,22)(H,20,21). The van der Waals surface area contributed by atoms with Crippen LogP contribution >= 0.6 is 0 Å². The molecule has 0 spiro atoms. The fourth-order valence-electron chi connectivity index (χ4n) is 1.93. The fourth-order valence-corrected chi connectivity index (χ4v) is 1.93. The Hall–Kier alpha value is -3.07. The lowest BCUT2D eigenvalue weighted by atomic mass is 10.1. The van der Waals surface area contributed by atoms with Crippen LogP contribution in [0.5, 0.6) is 0 Å². The number of hydrogen-bond donors (Lipinski definition) is 2. The first kappa shape index (κ1) is 16.3. The van der Waals surface area contributed by atoms with E-state index in [9.17, 15) is 9.59 Å². The SMILES string of the molecule is N#Cc1ccc(CNC(=O)CCCNC(=O)c2ccco2)cc1. The zero-order chi connectivity index (χ0) is 16.5. The average molecular weight is 311 g/mol. The second-order valence-electron chi connectivity index (χ2n) is 4.92. The zero-order valence-corrected chi connectivity index (χ0v) is 12.5. The van der Waals surface area contributed by atoms with E-state index >= 15 is 0 Å².